The fraction of sp³-hybridized carbons (Fsp3) is 0.318. The lowest BCUT2D eigenvalue weighted by Gasteiger charge is -2.29. The Morgan fingerprint density at radius 3 is 2.78 bits per heavy atom. The molecule has 5 heteroatoms. The molecule has 0 saturated carbocycles. The van der Waals surface area contributed by atoms with Crippen molar-refractivity contribution in [1.29, 1.82) is 0 Å². The Balaban J connectivity index is 1.79. The van der Waals surface area contributed by atoms with Crippen LogP contribution in [0.4, 0.5) is 0 Å². The molecule has 0 bridgehead atoms. The number of H-pyrrole nitrogens is 1. The minimum Gasteiger partial charge on any atom is -0.483 e. The molecule has 0 aliphatic carbocycles. The highest BCUT2D eigenvalue weighted by atomic mass is 16.5. The van der Waals surface area contributed by atoms with Crippen molar-refractivity contribution in [3.63, 3.8) is 0 Å². The van der Waals surface area contributed by atoms with Crippen LogP contribution in [-0.2, 0) is 6.54 Å². The lowest BCUT2D eigenvalue weighted by Crippen LogP contribution is -2.40. The molecule has 0 unspecified atom stereocenters. The van der Waals surface area contributed by atoms with Crippen molar-refractivity contribution >= 4 is 17.0 Å². The summed E-state index contributed by atoms with van der Waals surface area (Å²) in [7, 11) is 4.18. The number of hydrogen-bond donors (Lipinski definition) is 1. The third kappa shape index (κ3) is 2.53. The van der Waals surface area contributed by atoms with Crippen LogP contribution >= 0.6 is 0 Å². The van der Waals surface area contributed by atoms with E-state index in [0.717, 1.165) is 58.1 Å². The molecule has 1 N–H and O–H groups in total. The molecule has 0 fully saturated rings. The lowest BCUT2D eigenvalue weighted by atomic mass is 9.96. The van der Waals surface area contributed by atoms with E-state index < -0.39 is 0 Å². The third-order valence-corrected chi connectivity index (χ3v) is 5.21. The predicted octanol–water partition coefficient (Wildman–Crippen LogP) is 3.97. The molecule has 1 aromatic heterocycles. The van der Waals surface area contributed by atoms with Crippen LogP contribution < -0.4 is 14.2 Å². The molecule has 138 valence electrons. The van der Waals surface area contributed by atoms with Crippen molar-refractivity contribution in [3.05, 3.63) is 42.0 Å². The molecule has 0 spiro atoms. The first-order chi connectivity index (χ1) is 12.9. The number of rotatable bonds is 3. The fourth-order valence-electron chi connectivity index (χ4n) is 3.84. The van der Waals surface area contributed by atoms with Gasteiger partial charge in [-0.15, -0.1) is 4.68 Å². The summed E-state index contributed by atoms with van der Waals surface area (Å²) < 4.78 is 14.9. The van der Waals surface area contributed by atoms with Gasteiger partial charge in [-0.2, -0.15) is 5.10 Å². The average molecular weight is 362 g/mol. The molecule has 27 heavy (non-hydrogen) atoms. The smallest absolute Gasteiger partial charge is 0.246 e. The summed E-state index contributed by atoms with van der Waals surface area (Å²) in [5.74, 6) is 2.62. The van der Waals surface area contributed by atoms with Crippen LogP contribution in [0.15, 0.2) is 36.4 Å². The Morgan fingerprint density at radius 2 is 1.96 bits per heavy atom. The highest BCUT2D eigenvalue weighted by Crippen LogP contribution is 2.50. The zero-order valence-corrected chi connectivity index (χ0v) is 16.2. The molecule has 3 heterocycles. The Morgan fingerprint density at radius 1 is 1.15 bits per heavy atom. The average Bonchev–Trinajstić information content (AvgIpc) is 2.98. The molecular weight excluding hydrogens is 338 g/mol. The second-order valence-electron chi connectivity index (χ2n) is 8.09. The van der Waals surface area contributed by atoms with Crippen LogP contribution in [0.1, 0.15) is 19.4 Å². The zero-order chi connectivity index (χ0) is 18.8. The van der Waals surface area contributed by atoms with Crippen molar-refractivity contribution in [1.82, 2.24) is 10.00 Å². The molecule has 0 atom stereocenters. The first-order valence-electron chi connectivity index (χ1n) is 9.36. The largest absolute Gasteiger partial charge is 0.483 e. The quantitative estimate of drug-likeness (QED) is 0.561. The van der Waals surface area contributed by atoms with Gasteiger partial charge in [0.2, 0.25) is 5.52 Å². The zero-order valence-electron chi connectivity index (χ0n) is 16.2. The van der Waals surface area contributed by atoms with Crippen LogP contribution in [0.3, 0.4) is 0 Å². The SMILES string of the molecule is CN(C)CC[n+]1[nH]c2c3c(c4c(cc31)OC(C)(C)C=C4)Oc1ccccc1-2. The first-order valence-corrected chi connectivity index (χ1v) is 9.36. The van der Waals surface area contributed by atoms with Gasteiger partial charge in [0.25, 0.3) is 0 Å². The minimum absolute atomic E-state index is 0.326. The van der Waals surface area contributed by atoms with E-state index in [2.05, 4.69) is 66.9 Å². The third-order valence-electron chi connectivity index (χ3n) is 5.21. The summed E-state index contributed by atoms with van der Waals surface area (Å²) in [5.41, 5.74) is 4.01. The van der Waals surface area contributed by atoms with Gasteiger partial charge in [0.05, 0.1) is 18.2 Å². The second-order valence-corrected chi connectivity index (χ2v) is 8.09. The number of para-hydroxylation sites is 1. The number of nitrogens with zero attached hydrogens (tertiary/aromatic N) is 2. The normalized spacial score (nSPS) is 16.0. The van der Waals surface area contributed by atoms with E-state index in [-0.39, 0.29) is 5.60 Å². The van der Waals surface area contributed by atoms with Crippen molar-refractivity contribution in [2.24, 2.45) is 0 Å². The number of benzene rings is 2. The summed E-state index contributed by atoms with van der Waals surface area (Å²) in [5, 5.41) is 4.74. The van der Waals surface area contributed by atoms with E-state index >= 15 is 0 Å². The molecule has 5 nitrogen and oxygen atoms in total. The number of hydrogen-bond acceptors (Lipinski definition) is 3. The van der Waals surface area contributed by atoms with Gasteiger partial charge in [-0.3, -0.25) is 0 Å². The van der Waals surface area contributed by atoms with Gasteiger partial charge in [-0.05, 0) is 52.2 Å². The van der Waals surface area contributed by atoms with Gasteiger partial charge in [0.15, 0.2) is 12.3 Å². The number of ether oxygens (including phenoxy) is 2. The molecule has 5 rings (SSSR count). The molecule has 2 aliphatic rings. The first kappa shape index (κ1) is 16.4. The van der Waals surface area contributed by atoms with Crippen LogP contribution in [0.2, 0.25) is 0 Å². The summed E-state index contributed by atoms with van der Waals surface area (Å²) in [6.07, 6.45) is 4.22. The molecule has 0 saturated heterocycles. The molecule has 3 aromatic rings. The van der Waals surface area contributed by atoms with Crippen LogP contribution in [0.25, 0.3) is 28.2 Å². The van der Waals surface area contributed by atoms with Crippen molar-refractivity contribution in [2.45, 2.75) is 26.0 Å². The van der Waals surface area contributed by atoms with Gasteiger partial charge in [0, 0.05) is 5.56 Å². The summed E-state index contributed by atoms with van der Waals surface area (Å²) in [6, 6.07) is 10.3. The summed E-state index contributed by atoms with van der Waals surface area (Å²) in [6.45, 7) is 5.95. The molecule has 2 aliphatic heterocycles. The maximum absolute atomic E-state index is 6.38. The topological polar surface area (TPSA) is 41.4 Å². The van der Waals surface area contributed by atoms with E-state index in [1.54, 1.807) is 0 Å². The Kier molecular flexibility index (Phi) is 3.40. The fourth-order valence-corrected chi connectivity index (χ4v) is 3.84. The molecular formula is C22H24N3O2+. The van der Waals surface area contributed by atoms with E-state index in [4.69, 9.17) is 9.47 Å². The molecule has 0 amide bonds. The Hall–Kier alpha value is -2.79. The van der Waals surface area contributed by atoms with Crippen molar-refractivity contribution in [3.8, 4) is 28.5 Å². The van der Waals surface area contributed by atoms with Gasteiger partial charge < -0.3 is 14.4 Å². The van der Waals surface area contributed by atoms with E-state index in [9.17, 15) is 0 Å². The predicted molar refractivity (Wildman–Crippen MR) is 106 cm³/mol. The highest BCUT2D eigenvalue weighted by molar-refractivity contribution is 6.03. The van der Waals surface area contributed by atoms with Crippen LogP contribution in [-0.4, -0.2) is 36.2 Å². The van der Waals surface area contributed by atoms with E-state index in [1.165, 1.54) is 0 Å². The van der Waals surface area contributed by atoms with Gasteiger partial charge in [-0.25, -0.2) is 0 Å². The van der Waals surface area contributed by atoms with Gasteiger partial charge in [0.1, 0.15) is 28.2 Å². The van der Waals surface area contributed by atoms with Crippen molar-refractivity contribution < 1.29 is 14.2 Å². The minimum atomic E-state index is -0.326. The van der Waals surface area contributed by atoms with Gasteiger partial charge >= 0.3 is 0 Å². The van der Waals surface area contributed by atoms with E-state index in [1.807, 2.05) is 18.2 Å². The number of aromatic nitrogens is 2. The highest BCUT2D eigenvalue weighted by Gasteiger charge is 2.34. The maximum atomic E-state index is 6.38. The number of aromatic amines is 1. The number of likely N-dealkylation sites (N-methyl/N-ethyl adjacent to an activating group) is 1. The molecule has 0 radical (unpaired) electrons. The van der Waals surface area contributed by atoms with Crippen LogP contribution in [0, 0.1) is 0 Å². The van der Waals surface area contributed by atoms with Crippen LogP contribution in [0.5, 0.6) is 17.2 Å². The molecule has 2 aromatic carbocycles. The number of fused-ring (bicyclic) bond motifs is 4. The standard InChI is InChI=1S/C22H23N3O2/c1-22(2)10-9-15-18(27-22)13-16-19-20(23-25(16)12-11-24(3)4)14-7-5-6-8-17(14)26-21(15)19/h5-10,13H,11-12H2,1-4H3/p+1. The van der Waals surface area contributed by atoms with Gasteiger partial charge in [-0.1, -0.05) is 12.1 Å². The lowest BCUT2D eigenvalue weighted by molar-refractivity contribution is -0.725. The van der Waals surface area contributed by atoms with E-state index in [0.29, 0.717) is 0 Å². The monoisotopic (exact) mass is 362 g/mol. The second kappa shape index (κ2) is 5.60. The maximum Gasteiger partial charge on any atom is 0.246 e. The summed E-state index contributed by atoms with van der Waals surface area (Å²) in [4.78, 5) is 2.19. The summed E-state index contributed by atoms with van der Waals surface area (Å²) >= 11 is 0. The van der Waals surface area contributed by atoms with Crippen molar-refractivity contribution in [2.75, 3.05) is 20.6 Å². The Labute approximate surface area is 158 Å². The Bertz CT molecular complexity index is 1090. The number of nitrogens with one attached hydrogen (secondary N) is 1.